The highest BCUT2D eigenvalue weighted by Gasteiger charge is 2.28. The molecule has 140 valence electrons. The maximum absolute atomic E-state index is 11.1. The lowest BCUT2D eigenvalue weighted by Crippen LogP contribution is -2.54. The number of ether oxygens (including phenoxy) is 1. The van der Waals surface area contributed by atoms with E-state index in [-0.39, 0.29) is 23.8 Å². The van der Waals surface area contributed by atoms with Crippen molar-refractivity contribution >= 4 is 11.6 Å². The normalized spacial score (nSPS) is 14.5. The first kappa shape index (κ1) is 19.6. The van der Waals surface area contributed by atoms with Gasteiger partial charge in [-0.05, 0) is 36.8 Å². The Labute approximate surface area is 155 Å². The topological polar surface area (TPSA) is 61.8 Å². The molecule has 0 radical (unpaired) electrons. The van der Waals surface area contributed by atoms with Gasteiger partial charge in [-0.3, -0.25) is 4.79 Å². The number of hydrogen-bond donors (Lipinski definition) is 2. The van der Waals surface area contributed by atoms with Crippen LogP contribution in [0.5, 0.6) is 11.5 Å². The van der Waals surface area contributed by atoms with E-state index in [0.29, 0.717) is 0 Å². The average Bonchev–Trinajstić information content (AvgIpc) is 2.59. The highest BCUT2D eigenvalue weighted by atomic mass is 16.5. The van der Waals surface area contributed by atoms with Gasteiger partial charge in [-0.1, -0.05) is 32.0 Å². The number of nitrogens with zero attached hydrogens (tertiary/aromatic N) is 1. The first-order valence-electron chi connectivity index (χ1n) is 9.09. The van der Waals surface area contributed by atoms with Gasteiger partial charge in [0.25, 0.3) is 0 Å². The third-order valence-electron chi connectivity index (χ3n) is 4.15. The van der Waals surface area contributed by atoms with Crippen LogP contribution in [0.2, 0.25) is 0 Å². The summed E-state index contributed by atoms with van der Waals surface area (Å²) in [6.07, 6.45) is 0.144. The molecule has 0 spiro atoms. The SMILES string of the molecule is CC.CC(=O)NC(C)c1ccc(OC2CN(c3cccc(O)c3)C2)cc1. The number of benzene rings is 2. The Morgan fingerprint density at radius 2 is 1.85 bits per heavy atom. The van der Waals surface area contributed by atoms with Gasteiger partial charge in [0.2, 0.25) is 5.91 Å². The number of phenolic OH excluding ortho intramolecular Hbond substituents is 1. The zero-order valence-electron chi connectivity index (χ0n) is 15.9. The molecule has 0 aliphatic carbocycles. The molecule has 0 saturated carbocycles. The lowest BCUT2D eigenvalue weighted by molar-refractivity contribution is -0.119. The number of rotatable bonds is 5. The number of hydrogen-bond acceptors (Lipinski definition) is 4. The number of anilines is 1. The van der Waals surface area contributed by atoms with E-state index in [1.807, 2.05) is 57.2 Å². The summed E-state index contributed by atoms with van der Waals surface area (Å²) in [5.41, 5.74) is 2.06. The summed E-state index contributed by atoms with van der Waals surface area (Å²) < 4.78 is 5.96. The van der Waals surface area contributed by atoms with Crippen molar-refractivity contribution in [3.63, 3.8) is 0 Å². The molecule has 0 bridgehead atoms. The third-order valence-corrected chi connectivity index (χ3v) is 4.15. The van der Waals surface area contributed by atoms with Crippen LogP contribution in [0.4, 0.5) is 5.69 Å². The first-order valence-corrected chi connectivity index (χ1v) is 9.09. The van der Waals surface area contributed by atoms with E-state index in [4.69, 9.17) is 4.74 Å². The second kappa shape index (κ2) is 9.13. The smallest absolute Gasteiger partial charge is 0.217 e. The van der Waals surface area contributed by atoms with Crippen LogP contribution in [0, 0.1) is 0 Å². The van der Waals surface area contributed by atoms with E-state index in [2.05, 4.69) is 10.2 Å². The predicted molar refractivity (Wildman–Crippen MR) is 105 cm³/mol. The zero-order chi connectivity index (χ0) is 19.1. The van der Waals surface area contributed by atoms with Gasteiger partial charge >= 0.3 is 0 Å². The lowest BCUT2D eigenvalue weighted by atomic mass is 10.1. The minimum Gasteiger partial charge on any atom is -0.508 e. The van der Waals surface area contributed by atoms with Crippen molar-refractivity contribution in [1.29, 1.82) is 0 Å². The van der Waals surface area contributed by atoms with Crippen LogP contribution in [-0.2, 0) is 4.79 Å². The molecule has 2 N–H and O–H groups in total. The molecule has 1 amide bonds. The Balaban J connectivity index is 0.00000117. The number of carbonyl (C=O) groups is 1. The lowest BCUT2D eigenvalue weighted by Gasteiger charge is -2.40. The summed E-state index contributed by atoms with van der Waals surface area (Å²) in [6, 6.07) is 15.1. The van der Waals surface area contributed by atoms with Crippen LogP contribution in [0.1, 0.15) is 39.3 Å². The molecule has 3 rings (SSSR count). The molecule has 1 saturated heterocycles. The maximum Gasteiger partial charge on any atom is 0.217 e. The Hall–Kier alpha value is -2.69. The molecule has 1 atom stereocenters. The first-order chi connectivity index (χ1) is 12.5. The quantitative estimate of drug-likeness (QED) is 0.853. The molecule has 1 aliphatic heterocycles. The summed E-state index contributed by atoms with van der Waals surface area (Å²) >= 11 is 0. The Morgan fingerprint density at radius 3 is 2.42 bits per heavy atom. The summed E-state index contributed by atoms with van der Waals surface area (Å²) in [4.78, 5) is 13.3. The number of carbonyl (C=O) groups excluding carboxylic acids is 1. The highest BCUT2D eigenvalue weighted by Crippen LogP contribution is 2.27. The van der Waals surface area contributed by atoms with E-state index in [1.165, 1.54) is 6.92 Å². The van der Waals surface area contributed by atoms with E-state index in [9.17, 15) is 9.90 Å². The molecule has 2 aromatic rings. The molecule has 1 fully saturated rings. The number of phenols is 1. The minimum absolute atomic E-state index is 0.0125. The zero-order valence-corrected chi connectivity index (χ0v) is 15.9. The van der Waals surface area contributed by atoms with Crippen LogP contribution in [0.25, 0.3) is 0 Å². The monoisotopic (exact) mass is 356 g/mol. The number of nitrogens with one attached hydrogen (secondary N) is 1. The van der Waals surface area contributed by atoms with E-state index < -0.39 is 0 Å². The van der Waals surface area contributed by atoms with Crippen molar-refractivity contribution in [3.8, 4) is 11.5 Å². The third kappa shape index (κ3) is 5.15. The van der Waals surface area contributed by atoms with Crippen molar-refractivity contribution in [1.82, 2.24) is 5.32 Å². The van der Waals surface area contributed by atoms with Crippen LogP contribution >= 0.6 is 0 Å². The molecule has 5 heteroatoms. The largest absolute Gasteiger partial charge is 0.508 e. The van der Waals surface area contributed by atoms with Crippen molar-refractivity contribution < 1.29 is 14.6 Å². The molecule has 0 aromatic heterocycles. The standard InChI is InChI=1S/C19H22N2O3.C2H6/c1-13(20-14(2)22)15-6-8-18(9-7-15)24-19-11-21(12-19)16-4-3-5-17(23)10-16;1-2/h3-10,13,19,23H,11-12H2,1-2H3,(H,20,22);1-2H3. The van der Waals surface area contributed by atoms with E-state index >= 15 is 0 Å². The second-order valence-corrected chi connectivity index (χ2v) is 6.16. The van der Waals surface area contributed by atoms with E-state index in [0.717, 1.165) is 30.1 Å². The Kier molecular flexibility index (Phi) is 6.89. The number of aromatic hydroxyl groups is 1. The summed E-state index contributed by atoms with van der Waals surface area (Å²) in [6.45, 7) is 9.07. The van der Waals surface area contributed by atoms with E-state index in [1.54, 1.807) is 12.1 Å². The van der Waals surface area contributed by atoms with Gasteiger partial charge in [0.15, 0.2) is 0 Å². The maximum atomic E-state index is 11.1. The van der Waals surface area contributed by atoms with Crippen molar-refractivity contribution in [2.24, 2.45) is 0 Å². The molecule has 1 aliphatic rings. The van der Waals surface area contributed by atoms with Crippen molar-refractivity contribution in [2.45, 2.75) is 39.8 Å². The van der Waals surface area contributed by atoms with Gasteiger partial charge in [-0.25, -0.2) is 0 Å². The minimum atomic E-state index is -0.0377. The highest BCUT2D eigenvalue weighted by molar-refractivity contribution is 5.73. The van der Waals surface area contributed by atoms with Crippen LogP contribution in [0.15, 0.2) is 48.5 Å². The fourth-order valence-corrected chi connectivity index (χ4v) is 2.83. The molecule has 1 heterocycles. The van der Waals surface area contributed by atoms with Crippen molar-refractivity contribution in [2.75, 3.05) is 18.0 Å². The molecule has 2 aromatic carbocycles. The summed E-state index contributed by atoms with van der Waals surface area (Å²) in [5, 5.41) is 12.4. The fraction of sp³-hybridized carbons (Fsp3) is 0.381. The molecular weight excluding hydrogens is 328 g/mol. The summed E-state index contributed by atoms with van der Waals surface area (Å²) in [7, 11) is 0. The van der Waals surface area contributed by atoms with Gasteiger partial charge < -0.3 is 20.1 Å². The van der Waals surface area contributed by atoms with Crippen LogP contribution in [0.3, 0.4) is 0 Å². The Bertz CT molecular complexity index is 709. The fourth-order valence-electron chi connectivity index (χ4n) is 2.83. The second-order valence-electron chi connectivity index (χ2n) is 6.16. The summed E-state index contributed by atoms with van der Waals surface area (Å²) in [5.74, 6) is 1.07. The molecule has 26 heavy (non-hydrogen) atoms. The van der Waals surface area contributed by atoms with Gasteiger partial charge in [0.05, 0.1) is 19.1 Å². The van der Waals surface area contributed by atoms with Gasteiger partial charge in [0, 0.05) is 18.7 Å². The number of amides is 1. The van der Waals surface area contributed by atoms with Gasteiger partial charge in [-0.15, -0.1) is 0 Å². The van der Waals surface area contributed by atoms with Gasteiger partial charge in [-0.2, -0.15) is 0 Å². The van der Waals surface area contributed by atoms with Gasteiger partial charge in [0.1, 0.15) is 17.6 Å². The molecular formula is C21H28N2O3. The van der Waals surface area contributed by atoms with Crippen LogP contribution < -0.4 is 15.0 Å². The molecule has 1 unspecified atom stereocenters. The Morgan fingerprint density at radius 1 is 1.19 bits per heavy atom. The predicted octanol–water partition coefficient (Wildman–Crippen LogP) is 3.88. The average molecular weight is 356 g/mol. The molecule has 5 nitrogen and oxygen atoms in total. The van der Waals surface area contributed by atoms with Crippen molar-refractivity contribution in [3.05, 3.63) is 54.1 Å². The van der Waals surface area contributed by atoms with Crippen LogP contribution in [-0.4, -0.2) is 30.2 Å².